The lowest BCUT2D eigenvalue weighted by Gasteiger charge is -2.28. The van der Waals surface area contributed by atoms with E-state index in [1.165, 1.54) is 0 Å². The van der Waals surface area contributed by atoms with Crippen molar-refractivity contribution in [3.8, 4) is 0 Å². The van der Waals surface area contributed by atoms with Gasteiger partial charge in [-0.3, -0.25) is 0 Å². The molecule has 96 valence electrons. The molecule has 1 unspecified atom stereocenters. The zero-order valence-electron chi connectivity index (χ0n) is 10.9. The maximum atomic E-state index is 11.4. The van der Waals surface area contributed by atoms with Crippen LogP contribution < -0.4 is 5.32 Å². The third-order valence-corrected chi connectivity index (χ3v) is 2.38. The summed E-state index contributed by atoms with van der Waals surface area (Å²) in [6.45, 7) is 8.21. The molecule has 0 spiro atoms. The summed E-state index contributed by atoms with van der Waals surface area (Å²) < 4.78 is 5.02. The third-order valence-electron chi connectivity index (χ3n) is 2.38. The molecule has 0 heterocycles. The van der Waals surface area contributed by atoms with E-state index >= 15 is 0 Å². The van der Waals surface area contributed by atoms with E-state index in [-0.39, 0.29) is 6.61 Å². The Morgan fingerprint density at radius 3 is 2.56 bits per heavy atom. The van der Waals surface area contributed by atoms with Crippen LogP contribution in [0.15, 0.2) is 0 Å². The highest BCUT2D eigenvalue weighted by atomic mass is 16.5. The number of nitrogens with one attached hydrogen (secondary N) is 1. The first-order valence-electron chi connectivity index (χ1n) is 5.99. The van der Waals surface area contributed by atoms with Gasteiger partial charge in [0.05, 0.1) is 18.8 Å². The largest absolute Gasteiger partial charge is 0.449 e. The average Bonchev–Trinajstić information content (AvgIpc) is 2.23. The molecule has 0 aromatic carbocycles. The molecule has 0 bridgehead atoms. The Hall–Kier alpha value is -0.770. The summed E-state index contributed by atoms with van der Waals surface area (Å²) in [6, 6.07) is 0. The molecule has 2 N–H and O–H groups in total. The first-order chi connectivity index (χ1) is 7.43. The number of aliphatic hydroxyl groups is 1. The molecule has 0 rings (SSSR count). The van der Waals surface area contributed by atoms with Crippen LogP contribution in [0, 0.1) is 5.92 Å². The number of amides is 1. The SMILES string of the molecule is CCCCC(C)(CO)NC(=O)OCC(C)C. The number of carbonyl (C=O) groups is 1. The van der Waals surface area contributed by atoms with Gasteiger partial charge in [0.15, 0.2) is 0 Å². The van der Waals surface area contributed by atoms with Gasteiger partial charge in [-0.2, -0.15) is 0 Å². The molecule has 0 fully saturated rings. The highest BCUT2D eigenvalue weighted by Gasteiger charge is 2.25. The first-order valence-corrected chi connectivity index (χ1v) is 5.99. The van der Waals surface area contributed by atoms with Crippen LogP contribution in [0.25, 0.3) is 0 Å². The van der Waals surface area contributed by atoms with E-state index in [0.717, 1.165) is 19.3 Å². The van der Waals surface area contributed by atoms with E-state index in [9.17, 15) is 9.90 Å². The molecule has 1 amide bonds. The number of hydrogen-bond acceptors (Lipinski definition) is 3. The summed E-state index contributed by atoms with van der Waals surface area (Å²) >= 11 is 0. The second-order valence-corrected chi connectivity index (χ2v) is 4.94. The molecule has 0 aliphatic carbocycles. The van der Waals surface area contributed by atoms with Crippen LogP contribution in [-0.2, 0) is 4.74 Å². The van der Waals surface area contributed by atoms with E-state index in [2.05, 4.69) is 12.2 Å². The quantitative estimate of drug-likeness (QED) is 0.707. The number of alkyl carbamates (subject to hydrolysis) is 1. The smallest absolute Gasteiger partial charge is 0.407 e. The fourth-order valence-electron chi connectivity index (χ4n) is 1.27. The Balaban J connectivity index is 4.04. The Kier molecular flexibility index (Phi) is 7.13. The fraction of sp³-hybridized carbons (Fsp3) is 0.917. The average molecular weight is 231 g/mol. The fourth-order valence-corrected chi connectivity index (χ4v) is 1.27. The molecule has 4 nitrogen and oxygen atoms in total. The molecule has 4 heteroatoms. The summed E-state index contributed by atoms with van der Waals surface area (Å²) in [6.07, 6.45) is 2.33. The van der Waals surface area contributed by atoms with Gasteiger partial charge in [0.1, 0.15) is 0 Å². The normalized spacial score (nSPS) is 14.6. The predicted octanol–water partition coefficient (Wildman–Crippen LogP) is 2.31. The summed E-state index contributed by atoms with van der Waals surface area (Å²) in [5.41, 5.74) is -0.565. The Morgan fingerprint density at radius 1 is 1.50 bits per heavy atom. The molecular formula is C12H25NO3. The van der Waals surface area contributed by atoms with E-state index in [1.807, 2.05) is 20.8 Å². The van der Waals surface area contributed by atoms with Gasteiger partial charge in [-0.25, -0.2) is 4.79 Å². The molecular weight excluding hydrogens is 206 g/mol. The number of rotatable bonds is 7. The van der Waals surface area contributed by atoms with Gasteiger partial charge in [0.25, 0.3) is 0 Å². The third kappa shape index (κ3) is 6.67. The summed E-state index contributed by atoms with van der Waals surface area (Å²) in [5.74, 6) is 0.321. The highest BCUT2D eigenvalue weighted by Crippen LogP contribution is 2.13. The minimum Gasteiger partial charge on any atom is -0.449 e. The summed E-state index contributed by atoms with van der Waals surface area (Å²) in [7, 11) is 0. The molecule has 0 aliphatic heterocycles. The first kappa shape index (κ1) is 15.2. The Morgan fingerprint density at radius 2 is 2.12 bits per heavy atom. The number of unbranched alkanes of at least 4 members (excludes halogenated alkanes) is 1. The molecule has 16 heavy (non-hydrogen) atoms. The molecule has 1 atom stereocenters. The van der Waals surface area contributed by atoms with Crippen molar-refractivity contribution in [3.05, 3.63) is 0 Å². The molecule has 0 aromatic rings. The van der Waals surface area contributed by atoms with Crippen LogP contribution in [0.1, 0.15) is 47.0 Å². The van der Waals surface area contributed by atoms with Gasteiger partial charge < -0.3 is 15.2 Å². The lowest BCUT2D eigenvalue weighted by Crippen LogP contribution is -2.49. The van der Waals surface area contributed by atoms with Gasteiger partial charge in [-0.1, -0.05) is 33.6 Å². The molecule has 0 aliphatic rings. The van der Waals surface area contributed by atoms with Crippen molar-refractivity contribution in [3.63, 3.8) is 0 Å². The number of hydrogen-bond donors (Lipinski definition) is 2. The van der Waals surface area contributed by atoms with Gasteiger partial charge in [-0.05, 0) is 19.3 Å². The minimum atomic E-state index is -0.565. The number of carbonyl (C=O) groups excluding carboxylic acids is 1. The monoisotopic (exact) mass is 231 g/mol. The van der Waals surface area contributed by atoms with Crippen LogP contribution in [0.5, 0.6) is 0 Å². The maximum absolute atomic E-state index is 11.4. The van der Waals surface area contributed by atoms with E-state index < -0.39 is 11.6 Å². The molecule has 0 saturated carbocycles. The van der Waals surface area contributed by atoms with Crippen LogP contribution in [-0.4, -0.2) is 30.0 Å². The van der Waals surface area contributed by atoms with E-state index in [4.69, 9.17) is 4.74 Å². The second kappa shape index (κ2) is 7.49. The predicted molar refractivity (Wildman–Crippen MR) is 64.3 cm³/mol. The van der Waals surface area contributed by atoms with Crippen molar-refractivity contribution in [2.24, 2.45) is 5.92 Å². The molecule has 0 saturated heterocycles. The van der Waals surface area contributed by atoms with Crippen molar-refractivity contribution in [1.29, 1.82) is 0 Å². The van der Waals surface area contributed by atoms with Crippen molar-refractivity contribution in [1.82, 2.24) is 5.32 Å². The maximum Gasteiger partial charge on any atom is 0.407 e. The van der Waals surface area contributed by atoms with Crippen LogP contribution in [0.2, 0.25) is 0 Å². The summed E-state index contributed by atoms with van der Waals surface area (Å²) in [5, 5.41) is 12.0. The van der Waals surface area contributed by atoms with Crippen molar-refractivity contribution < 1.29 is 14.6 Å². The number of aliphatic hydroxyl groups excluding tert-OH is 1. The Bertz CT molecular complexity index is 206. The van der Waals surface area contributed by atoms with Crippen LogP contribution >= 0.6 is 0 Å². The van der Waals surface area contributed by atoms with Gasteiger partial charge in [0.2, 0.25) is 0 Å². The summed E-state index contributed by atoms with van der Waals surface area (Å²) in [4.78, 5) is 11.4. The topological polar surface area (TPSA) is 58.6 Å². The molecule has 0 radical (unpaired) electrons. The second-order valence-electron chi connectivity index (χ2n) is 4.94. The lowest BCUT2D eigenvalue weighted by molar-refractivity contribution is 0.104. The van der Waals surface area contributed by atoms with Crippen LogP contribution in [0.4, 0.5) is 4.79 Å². The van der Waals surface area contributed by atoms with Gasteiger partial charge in [0, 0.05) is 0 Å². The molecule has 0 aromatic heterocycles. The van der Waals surface area contributed by atoms with Gasteiger partial charge in [-0.15, -0.1) is 0 Å². The van der Waals surface area contributed by atoms with E-state index in [1.54, 1.807) is 0 Å². The lowest BCUT2D eigenvalue weighted by atomic mass is 9.96. The van der Waals surface area contributed by atoms with E-state index in [0.29, 0.717) is 12.5 Å². The van der Waals surface area contributed by atoms with Crippen molar-refractivity contribution in [2.45, 2.75) is 52.5 Å². The Labute approximate surface area is 98.4 Å². The standard InChI is InChI=1S/C12H25NO3/c1-5-6-7-12(4,9-14)13-11(15)16-8-10(2)3/h10,14H,5-9H2,1-4H3,(H,13,15). The van der Waals surface area contributed by atoms with Crippen LogP contribution in [0.3, 0.4) is 0 Å². The minimum absolute atomic E-state index is 0.0657. The number of ether oxygens (including phenoxy) is 1. The van der Waals surface area contributed by atoms with Gasteiger partial charge >= 0.3 is 6.09 Å². The van der Waals surface area contributed by atoms with Crippen molar-refractivity contribution in [2.75, 3.05) is 13.2 Å². The zero-order valence-corrected chi connectivity index (χ0v) is 10.9. The van der Waals surface area contributed by atoms with Crippen molar-refractivity contribution >= 4 is 6.09 Å². The zero-order chi connectivity index (χ0) is 12.6. The highest BCUT2D eigenvalue weighted by molar-refractivity contribution is 5.68.